The summed E-state index contributed by atoms with van der Waals surface area (Å²) >= 11 is 0. The van der Waals surface area contributed by atoms with Crippen molar-refractivity contribution in [2.45, 2.75) is 25.9 Å². The summed E-state index contributed by atoms with van der Waals surface area (Å²) in [5, 5.41) is 8.88. The van der Waals surface area contributed by atoms with Crippen molar-refractivity contribution in [1.29, 1.82) is 5.26 Å². The van der Waals surface area contributed by atoms with E-state index in [1.807, 2.05) is 4.90 Å². The largest absolute Gasteiger partial charge is 0.416 e. The van der Waals surface area contributed by atoms with Crippen molar-refractivity contribution >= 4 is 17.2 Å². The predicted octanol–water partition coefficient (Wildman–Crippen LogP) is 5.54. The van der Waals surface area contributed by atoms with Gasteiger partial charge < -0.3 is 4.90 Å². The Morgan fingerprint density at radius 2 is 1.92 bits per heavy atom. The predicted molar refractivity (Wildman–Crippen MR) is 95.4 cm³/mol. The van der Waals surface area contributed by atoms with Gasteiger partial charge in [-0.15, -0.1) is 0 Å². The second kappa shape index (κ2) is 7.20. The van der Waals surface area contributed by atoms with Gasteiger partial charge in [0, 0.05) is 18.7 Å². The fourth-order valence-electron chi connectivity index (χ4n) is 3.04. The molecular weight excluding hydrogens is 339 g/mol. The number of nitrogens with zero attached hydrogens (tertiary/aromatic N) is 3. The number of amidine groups is 1. The van der Waals surface area contributed by atoms with Crippen molar-refractivity contribution in [1.82, 2.24) is 0 Å². The summed E-state index contributed by atoms with van der Waals surface area (Å²) in [6.07, 6.45) is -2.72. The van der Waals surface area contributed by atoms with Crippen LogP contribution in [-0.2, 0) is 6.18 Å². The molecule has 1 atom stereocenters. The lowest BCUT2D eigenvalue weighted by molar-refractivity contribution is -0.137. The van der Waals surface area contributed by atoms with Crippen molar-refractivity contribution in [3.8, 4) is 6.07 Å². The van der Waals surface area contributed by atoms with Crippen LogP contribution in [0.5, 0.6) is 0 Å². The zero-order valence-electron chi connectivity index (χ0n) is 14.3. The Kier molecular flexibility index (Phi) is 4.99. The summed E-state index contributed by atoms with van der Waals surface area (Å²) in [5.41, 5.74) is 1.07. The summed E-state index contributed by atoms with van der Waals surface area (Å²) in [6.45, 7) is 2.71. The molecular formula is C20H18F3N3. The van der Waals surface area contributed by atoms with Gasteiger partial charge in [-0.25, -0.2) is 4.99 Å². The third-order valence-electron chi connectivity index (χ3n) is 4.54. The number of alkyl halides is 3. The van der Waals surface area contributed by atoms with Crippen LogP contribution in [0.2, 0.25) is 0 Å². The number of nitriles is 1. The molecule has 26 heavy (non-hydrogen) atoms. The van der Waals surface area contributed by atoms with Crippen LogP contribution in [-0.4, -0.2) is 12.4 Å². The number of halogens is 3. The standard InChI is InChI=1S/C20H18F3N3/c1-2-14-10-19(25-17-8-6-15(12-24)7-9-17)26(13-14)18-5-3-4-16(11-18)20(21,22)23/h3-9,11,14H,2,10,13H2,1H3/b25-19-. The van der Waals surface area contributed by atoms with Gasteiger partial charge in [-0.1, -0.05) is 19.4 Å². The molecule has 2 aromatic rings. The molecule has 0 aromatic heterocycles. The van der Waals surface area contributed by atoms with Crippen molar-refractivity contribution in [3.05, 3.63) is 59.7 Å². The fourth-order valence-corrected chi connectivity index (χ4v) is 3.04. The van der Waals surface area contributed by atoms with Gasteiger partial charge in [0.05, 0.1) is 22.9 Å². The molecule has 2 aromatic carbocycles. The molecule has 0 saturated carbocycles. The van der Waals surface area contributed by atoms with Crippen LogP contribution in [0.4, 0.5) is 24.5 Å². The van der Waals surface area contributed by atoms with E-state index in [0.29, 0.717) is 35.8 Å². The highest BCUT2D eigenvalue weighted by molar-refractivity contribution is 6.01. The molecule has 1 aliphatic rings. The zero-order valence-corrected chi connectivity index (χ0v) is 14.3. The second-order valence-electron chi connectivity index (χ2n) is 6.32. The first-order valence-corrected chi connectivity index (χ1v) is 8.43. The first kappa shape index (κ1) is 18.0. The number of benzene rings is 2. The summed E-state index contributed by atoms with van der Waals surface area (Å²) < 4.78 is 39.1. The second-order valence-corrected chi connectivity index (χ2v) is 6.32. The summed E-state index contributed by atoms with van der Waals surface area (Å²) in [5.74, 6) is 1.10. The first-order valence-electron chi connectivity index (χ1n) is 8.43. The molecule has 0 bridgehead atoms. The molecule has 1 unspecified atom stereocenters. The highest BCUT2D eigenvalue weighted by atomic mass is 19.4. The van der Waals surface area contributed by atoms with E-state index < -0.39 is 11.7 Å². The Labute approximate surface area is 150 Å². The van der Waals surface area contributed by atoms with E-state index in [0.717, 1.165) is 18.3 Å². The van der Waals surface area contributed by atoms with Gasteiger partial charge >= 0.3 is 6.18 Å². The van der Waals surface area contributed by atoms with Gasteiger partial charge in [0.1, 0.15) is 5.84 Å². The maximum atomic E-state index is 13.0. The molecule has 0 aliphatic carbocycles. The third-order valence-corrected chi connectivity index (χ3v) is 4.54. The Morgan fingerprint density at radius 1 is 1.19 bits per heavy atom. The average molecular weight is 357 g/mol. The van der Waals surface area contributed by atoms with Crippen molar-refractivity contribution in [2.24, 2.45) is 10.9 Å². The monoisotopic (exact) mass is 357 g/mol. The van der Waals surface area contributed by atoms with E-state index in [4.69, 9.17) is 5.26 Å². The van der Waals surface area contributed by atoms with Crippen molar-refractivity contribution in [3.63, 3.8) is 0 Å². The van der Waals surface area contributed by atoms with Gasteiger partial charge in [-0.05, 0) is 48.4 Å². The molecule has 134 valence electrons. The highest BCUT2D eigenvalue weighted by Crippen LogP contribution is 2.34. The lowest BCUT2D eigenvalue weighted by atomic mass is 10.1. The minimum Gasteiger partial charge on any atom is -0.330 e. The topological polar surface area (TPSA) is 39.4 Å². The fraction of sp³-hybridized carbons (Fsp3) is 0.300. The van der Waals surface area contributed by atoms with E-state index in [9.17, 15) is 13.2 Å². The quantitative estimate of drug-likeness (QED) is 0.723. The first-order chi connectivity index (χ1) is 12.4. The molecule has 1 heterocycles. The van der Waals surface area contributed by atoms with Crippen LogP contribution in [0.3, 0.4) is 0 Å². The van der Waals surface area contributed by atoms with Gasteiger partial charge in [-0.3, -0.25) is 0 Å². The lowest BCUT2D eigenvalue weighted by Crippen LogP contribution is -2.25. The lowest BCUT2D eigenvalue weighted by Gasteiger charge is -2.21. The van der Waals surface area contributed by atoms with E-state index in [2.05, 4.69) is 18.0 Å². The van der Waals surface area contributed by atoms with E-state index in [1.165, 1.54) is 12.1 Å². The van der Waals surface area contributed by atoms with Crippen LogP contribution in [0, 0.1) is 17.2 Å². The van der Waals surface area contributed by atoms with Crippen LogP contribution in [0.15, 0.2) is 53.5 Å². The summed E-state index contributed by atoms with van der Waals surface area (Å²) in [4.78, 5) is 6.50. The molecule has 1 aliphatic heterocycles. The molecule has 0 N–H and O–H groups in total. The highest BCUT2D eigenvalue weighted by Gasteiger charge is 2.33. The Morgan fingerprint density at radius 3 is 2.54 bits per heavy atom. The van der Waals surface area contributed by atoms with Crippen LogP contribution >= 0.6 is 0 Å². The van der Waals surface area contributed by atoms with Gasteiger partial charge in [0.25, 0.3) is 0 Å². The SMILES string of the molecule is CCC1C/C(=N/c2ccc(C#N)cc2)N(c2cccc(C(F)(F)F)c2)C1. The maximum absolute atomic E-state index is 13.0. The molecule has 0 spiro atoms. The smallest absolute Gasteiger partial charge is 0.330 e. The van der Waals surface area contributed by atoms with Gasteiger partial charge in [0.15, 0.2) is 0 Å². The number of rotatable bonds is 3. The molecule has 3 nitrogen and oxygen atoms in total. The summed E-state index contributed by atoms with van der Waals surface area (Å²) in [6, 6.07) is 14.3. The van der Waals surface area contributed by atoms with E-state index >= 15 is 0 Å². The van der Waals surface area contributed by atoms with Crippen LogP contribution < -0.4 is 4.90 Å². The third kappa shape index (κ3) is 3.88. The number of aliphatic imine (C=N–C) groups is 1. The number of anilines is 1. The Bertz CT molecular complexity index is 848. The Hall–Kier alpha value is -2.81. The molecule has 1 fully saturated rings. The maximum Gasteiger partial charge on any atom is 0.416 e. The normalized spacial score (nSPS) is 19.0. The molecule has 0 radical (unpaired) electrons. The minimum atomic E-state index is -4.37. The molecule has 0 amide bonds. The van der Waals surface area contributed by atoms with Crippen LogP contribution in [0.25, 0.3) is 0 Å². The summed E-state index contributed by atoms with van der Waals surface area (Å²) in [7, 11) is 0. The van der Waals surface area contributed by atoms with Gasteiger partial charge in [-0.2, -0.15) is 18.4 Å². The Balaban J connectivity index is 1.95. The minimum absolute atomic E-state index is 0.349. The number of hydrogen-bond donors (Lipinski definition) is 0. The molecule has 6 heteroatoms. The zero-order chi connectivity index (χ0) is 18.7. The van der Waals surface area contributed by atoms with E-state index in [1.54, 1.807) is 30.3 Å². The molecule has 1 saturated heterocycles. The van der Waals surface area contributed by atoms with Gasteiger partial charge in [0.2, 0.25) is 0 Å². The van der Waals surface area contributed by atoms with Crippen molar-refractivity contribution < 1.29 is 13.2 Å². The van der Waals surface area contributed by atoms with Crippen LogP contribution in [0.1, 0.15) is 30.9 Å². The number of hydrogen-bond acceptors (Lipinski definition) is 2. The van der Waals surface area contributed by atoms with E-state index in [-0.39, 0.29) is 0 Å². The molecule has 3 rings (SSSR count). The average Bonchev–Trinajstić information content (AvgIpc) is 3.05. The van der Waals surface area contributed by atoms with Crippen molar-refractivity contribution in [2.75, 3.05) is 11.4 Å².